The van der Waals surface area contributed by atoms with Crippen LogP contribution in [0, 0.1) is 0 Å². The average Bonchev–Trinajstić information content (AvgIpc) is 3.07. The van der Waals surface area contributed by atoms with Crippen molar-refractivity contribution in [2.75, 3.05) is 6.61 Å². The predicted molar refractivity (Wildman–Crippen MR) is 201 cm³/mol. The molecule has 0 bridgehead atoms. The molecule has 0 saturated heterocycles. The third-order valence-electron chi connectivity index (χ3n) is 10.1. The van der Waals surface area contributed by atoms with E-state index in [0.29, 0.717) is 12.8 Å². The molecular weight excluding hydrogens is 586 g/mol. The summed E-state index contributed by atoms with van der Waals surface area (Å²) in [6, 6.07) is -0.977. The summed E-state index contributed by atoms with van der Waals surface area (Å²) in [7, 11) is 0. The fourth-order valence-corrected chi connectivity index (χ4v) is 6.70. The number of amides is 1. The molecule has 1 amide bonds. The number of aliphatic hydroxyl groups is 4. The van der Waals surface area contributed by atoms with Crippen LogP contribution in [0.1, 0.15) is 226 Å². The summed E-state index contributed by atoms with van der Waals surface area (Å²) in [6.45, 7) is 4.04. The van der Waals surface area contributed by atoms with Gasteiger partial charge in [0.15, 0.2) is 0 Å². The predicted octanol–water partition coefficient (Wildman–Crippen LogP) is 10.5. The molecule has 0 fully saturated rings. The molecule has 47 heavy (non-hydrogen) atoms. The fraction of sp³-hybridized carbons (Fsp3) is 0.976. The van der Waals surface area contributed by atoms with Gasteiger partial charge in [-0.15, -0.1) is 0 Å². The van der Waals surface area contributed by atoms with Crippen LogP contribution in [-0.4, -0.2) is 57.3 Å². The number of unbranched alkanes of at least 4 members (excludes halogenated alkanes) is 29. The fourth-order valence-electron chi connectivity index (χ4n) is 6.70. The Labute approximate surface area is 292 Å². The van der Waals surface area contributed by atoms with Crippen LogP contribution >= 0.6 is 0 Å². The van der Waals surface area contributed by atoms with E-state index in [-0.39, 0.29) is 0 Å². The molecule has 6 nitrogen and oxygen atoms in total. The molecule has 0 aromatic rings. The van der Waals surface area contributed by atoms with Crippen molar-refractivity contribution < 1.29 is 25.2 Å². The Bertz CT molecular complexity index is 633. The lowest BCUT2D eigenvalue weighted by atomic mass is 9.99. The molecule has 0 aromatic carbocycles. The summed E-state index contributed by atoms with van der Waals surface area (Å²) in [5, 5.41) is 43.5. The maximum atomic E-state index is 12.4. The van der Waals surface area contributed by atoms with Crippen molar-refractivity contribution in [1.82, 2.24) is 5.32 Å². The molecule has 0 heterocycles. The van der Waals surface area contributed by atoms with Gasteiger partial charge >= 0.3 is 0 Å². The molecule has 0 spiro atoms. The van der Waals surface area contributed by atoms with Crippen molar-refractivity contribution in [1.29, 1.82) is 0 Å². The Balaban J connectivity index is 3.67. The molecule has 282 valence electrons. The number of carbonyl (C=O) groups is 1. The van der Waals surface area contributed by atoms with Gasteiger partial charge in [-0.1, -0.05) is 213 Å². The van der Waals surface area contributed by atoms with E-state index in [4.69, 9.17) is 0 Å². The van der Waals surface area contributed by atoms with E-state index < -0.39 is 36.9 Å². The lowest BCUT2D eigenvalue weighted by Gasteiger charge is -2.27. The van der Waals surface area contributed by atoms with Crippen LogP contribution in [0.15, 0.2) is 0 Å². The number of hydrogen-bond donors (Lipinski definition) is 5. The Kier molecular flexibility index (Phi) is 36.0. The highest BCUT2D eigenvalue weighted by molar-refractivity contribution is 5.80. The third kappa shape index (κ3) is 31.1. The van der Waals surface area contributed by atoms with Crippen LogP contribution in [0.2, 0.25) is 0 Å². The smallest absolute Gasteiger partial charge is 0.249 e. The van der Waals surface area contributed by atoms with E-state index in [1.807, 2.05) is 0 Å². The minimum atomic E-state index is -1.25. The molecule has 0 aliphatic rings. The number of carbonyl (C=O) groups excluding carboxylic acids is 1. The minimum Gasteiger partial charge on any atom is -0.394 e. The van der Waals surface area contributed by atoms with E-state index in [9.17, 15) is 25.2 Å². The molecule has 0 aliphatic carbocycles. The zero-order valence-corrected chi connectivity index (χ0v) is 31.5. The summed E-state index contributed by atoms with van der Waals surface area (Å²) >= 11 is 0. The maximum Gasteiger partial charge on any atom is 0.249 e. The molecule has 4 unspecified atom stereocenters. The average molecular weight is 670 g/mol. The largest absolute Gasteiger partial charge is 0.394 e. The van der Waals surface area contributed by atoms with Gasteiger partial charge in [-0.3, -0.25) is 4.79 Å². The summed E-state index contributed by atoms with van der Waals surface area (Å²) in [5.74, 6) is -0.583. The van der Waals surface area contributed by atoms with Gasteiger partial charge in [0, 0.05) is 0 Å². The quantitative estimate of drug-likeness (QED) is 0.0420. The van der Waals surface area contributed by atoms with Crippen LogP contribution in [0.5, 0.6) is 0 Å². The van der Waals surface area contributed by atoms with Gasteiger partial charge in [-0.2, -0.15) is 0 Å². The Hall–Kier alpha value is -0.690. The second-order valence-electron chi connectivity index (χ2n) is 14.7. The van der Waals surface area contributed by atoms with Crippen LogP contribution in [0.3, 0.4) is 0 Å². The van der Waals surface area contributed by atoms with Crippen molar-refractivity contribution >= 4 is 5.91 Å². The minimum absolute atomic E-state index is 0.374. The molecule has 0 aromatic heterocycles. The second kappa shape index (κ2) is 36.6. The lowest BCUT2D eigenvalue weighted by Crippen LogP contribution is -2.53. The highest BCUT2D eigenvalue weighted by atomic mass is 16.3. The molecule has 0 saturated carbocycles. The van der Waals surface area contributed by atoms with E-state index in [1.54, 1.807) is 0 Å². The number of rotatable bonds is 38. The van der Waals surface area contributed by atoms with E-state index in [2.05, 4.69) is 19.2 Å². The highest BCUT2D eigenvalue weighted by Crippen LogP contribution is 2.17. The summed E-state index contributed by atoms with van der Waals surface area (Å²) in [4.78, 5) is 12.4. The number of nitrogens with one attached hydrogen (secondary N) is 1. The maximum absolute atomic E-state index is 12.4. The molecule has 4 atom stereocenters. The summed E-state index contributed by atoms with van der Waals surface area (Å²) < 4.78 is 0. The summed E-state index contributed by atoms with van der Waals surface area (Å²) in [5.41, 5.74) is 0. The van der Waals surface area contributed by atoms with E-state index in [0.717, 1.165) is 38.5 Å². The van der Waals surface area contributed by atoms with Crippen molar-refractivity contribution in [3.05, 3.63) is 0 Å². The zero-order valence-electron chi connectivity index (χ0n) is 31.5. The van der Waals surface area contributed by atoms with Crippen molar-refractivity contribution in [2.45, 2.75) is 250 Å². The summed E-state index contributed by atoms with van der Waals surface area (Å²) in [6.07, 6.45) is 37.1. The lowest BCUT2D eigenvalue weighted by molar-refractivity contribution is -0.132. The van der Waals surface area contributed by atoms with Gasteiger partial charge in [-0.05, 0) is 12.8 Å². The number of aliphatic hydroxyl groups excluding tert-OH is 4. The Morgan fingerprint density at radius 2 is 0.723 bits per heavy atom. The van der Waals surface area contributed by atoms with Crippen molar-refractivity contribution in [3.8, 4) is 0 Å². The van der Waals surface area contributed by atoms with Gasteiger partial charge in [0.2, 0.25) is 5.91 Å². The van der Waals surface area contributed by atoms with Gasteiger partial charge in [0.1, 0.15) is 12.2 Å². The molecule has 5 N–H and O–H groups in total. The molecule has 0 aliphatic heterocycles. The molecule has 6 heteroatoms. The van der Waals surface area contributed by atoms with Gasteiger partial charge in [-0.25, -0.2) is 0 Å². The first-order chi connectivity index (χ1) is 23.0. The van der Waals surface area contributed by atoms with Gasteiger partial charge in [0.05, 0.1) is 18.8 Å². The Morgan fingerprint density at radius 1 is 0.447 bits per heavy atom. The zero-order chi connectivity index (χ0) is 34.6. The molecule has 0 radical (unpaired) electrons. The van der Waals surface area contributed by atoms with Gasteiger partial charge in [0.25, 0.3) is 0 Å². The van der Waals surface area contributed by atoms with Crippen LogP contribution in [0.25, 0.3) is 0 Å². The first-order valence-corrected chi connectivity index (χ1v) is 20.9. The Morgan fingerprint density at radius 3 is 1.02 bits per heavy atom. The topological polar surface area (TPSA) is 110 Å². The van der Waals surface area contributed by atoms with Gasteiger partial charge < -0.3 is 25.7 Å². The third-order valence-corrected chi connectivity index (χ3v) is 10.1. The van der Waals surface area contributed by atoms with Crippen LogP contribution in [0.4, 0.5) is 0 Å². The van der Waals surface area contributed by atoms with Crippen molar-refractivity contribution in [2.24, 2.45) is 0 Å². The van der Waals surface area contributed by atoms with E-state index in [1.165, 1.54) is 161 Å². The van der Waals surface area contributed by atoms with Crippen LogP contribution in [-0.2, 0) is 4.79 Å². The van der Waals surface area contributed by atoms with Crippen molar-refractivity contribution in [3.63, 3.8) is 0 Å². The first kappa shape index (κ1) is 46.3. The monoisotopic (exact) mass is 670 g/mol. The molecule has 0 rings (SSSR count). The number of hydrogen-bond acceptors (Lipinski definition) is 5. The SMILES string of the molecule is CCCCCCCCCCCCCCCCCCCCCCCC(O)C(O)C(CO)NC(=O)C(O)CCCCCCCCCCCC. The second-order valence-corrected chi connectivity index (χ2v) is 14.7. The van der Waals surface area contributed by atoms with E-state index >= 15 is 0 Å². The van der Waals surface area contributed by atoms with Crippen LogP contribution < -0.4 is 5.32 Å². The highest BCUT2D eigenvalue weighted by Gasteiger charge is 2.28. The standard InChI is InChI=1S/C41H83NO5/c1-3-5-7-9-11-13-15-16-17-18-19-20-21-22-23-24-25-27-28-30-32-34-38(44)40(46)37(36-43)42-41(47)39(45)35-33-31-29-26-14-12-10-8-6-4-2/h37-40,43-46H,3-36H2,1-2H3,(H,42,47). The normalized spacial score (nSPS) is 14.3. The molecular formula is C41H83NO5. The first-order valence-electron chi connectivity index (χ1n) is 20.9.